The molecule has 5 atom stereocenters. The highest BCUT2D eigenvalue weighted by Gasteiger charge is 2.54. The Balaban J connectivity index is 1.75. The van der Waals surface area contributed by atoms with Crippen LogP contribution in [0.25, 0.3) is 0 Å². The highest BCUT2D eigenvalue weighted by molar-refractivity contribution is 5.72. The molecule has 0 unspecified atom stereocenters. The van der Waals surface area contributed by atoms with Crippen LogP contribution in [0.3, 0.4) is 0 Å². The van der Waals surface area contributed by atoms with Crippen LogP contribution in [-0.4, -0.2) is 43.3 Å². The molecule has 6 nitrogen and oxygen atoms in total. The molecule has 0 bridgehead atoms. The maximum Gasteiger partial charge on any atom is 0.411 e. The minimum Gasteiger partial charge on any atom is -0.439 e. The van der Waals surface area contributed by atoms with Crippen LogP contribution in [0, 0.1) is 0 Å². The number of rotatable bonds is 5. The molecule has 2 aromatic carbocycles. The fraction of sp³-hybridized carbons (Fsp3) is 0.435. The first-order valence-corrected chi connectivity index (χ1v) is 9.92. The van der Waals surface area contributed by atoms with Gasteiger partial charge >= 0.3 is 6.09 Å². The zero-order valence-electron chi connectivity index (χ0n) is 17.0. The molecule has 29 heavy (non-hydrogen) atoms. The maximum atomic E-state index is 13.2. The van der Waals surface area contributed by atoms with E-state index in [0.717, 1.165) is 11.1 Å². The van der Waals surface area contributed by atoms with Crippen LogP contribution in [0.4, 0.5) is 4.79 Å². The largest absolute Gasteiger partial charge is 0.439 e. The summed E-state index contributed by atoms with van der Waals surface area (Å²) in [5.41, 5.74) is 1.97. The highest BCUT2D eigenvalue weighted by atomic mass is 16.8. The minimum absolute atomic E-state index is 0.284. The van der Waals surface area contributed by atoms with Crippen LogP contribution in [-0.2, 0) is 18.9 Å². The molecule has 0 saturated carbocycles. The van der Waals surface area contributed by atoms with Gasteiger partial charge in [0.2, 0.25) is 0 Å². The number of ether oxygens (including phenoxy) is 4. The molecule has 154 valence electrons. The van der Waals surface area contributed by atoms with Gasteiger partial charge in [0.25, 0.3) is 0 Å². The van der Waals surface area contributed by atoms with Gasteiger partial charge in [0.05, 0.1) is 6.04 Å². The summed E-state index contributed by atoms with van der Waals surface area (Å²) in [4.78, 5) is 15.0. The van der Waals surface area contributed by atoms with E-state index < -0.39 is 11.9 Å². The molecule has 2 aromatic rings. The Morgan fingerprint density at radius 2 is 1.59 bits per heavy atom. The molecule has 6 heteroatoms. The van der Waals surface area contributed by atoms with Gasteiger partial charge in [0, 0.05) is 20.6 Å². The summed E-state index contributed by atoms with van der Waals surface area (Å²) in [7, 11) is 3.21. The molecule has 1 amide bonds. The maximum absolute atomic E-state index is 13.2. The standard InChI is InChI=1S/C23H27NO5/c1-23(27-3)18(14-15-19(26-2)29-23)24-20(16-10-6-4-7-11-16)21(28-22(24)25)17-12-8-5-9-13-17/h4-13,18-21H,14-15H2,1-3H3/t18-,19+,20-,21+,23+/m1/s1. The van der Waals surface area contributed by atoms with Gasteiger partial charge in [-0.1, -0.05) is 60.7 Å². The average Bonchev–Trinajstić information content (AvgIpc) is 3.11. The van der Waals surface area contributed by atoms with Crippen molar-refractivity contribution < 1.29 is 23.7 Å². The number of nitrogens with zero attached hydrogens (tertiary/aromatic N) is 1. The van der Waals surface area contributed by atoms with Gasteiger partial charge in [0.15, 0.2) is 18.2 Å². The van der Waals surface area contributed by atoms with Crippen LogP contribution < -0.4 is 0 Å². The lowest BCUT2D eigenvalue weighted by Gasteiger charge is -2.47. The molecule has 0 spiro atoms. The second-order valence-corrected chi connectivity index (χ2v) is 7.57. The Kier molecular flexibility index (Phi) is 5.58. The van der Waals surface area contributed by atoms with Gasteiger partial charge in [-0.15, -0.1) is 0 Å². The van der Waals surface area contributed by atoms with E-state index in [-0.39, 0.29) is 24.5 Å². The molecule has 0 aliphatic carbocycles. The number of benzene rings is 2. The van der Waals surface area contributed by atoms with E-state index in [1.54, 1.807) is 19.1 Å². The van der Waals surface area contributed by atoms with Crippen molar-refractivity contribution in [1.29, 1.82) is 0 Å². The van der Waals surface area contributed by atoms with Gasteiger partial charge in [-0.2, -0.15) is 0 Å². The first-order valence-electron chi connectivity index (χ1n) is 9.92. The van der Waals surface area contributed by atoms with Gasteiger partial charge < -0.3 is 18.9 Å². The SMILES string of the molecule is CO[C@@H]1CC[C@@H](N2C(=O)O[C@@H](c3ccccc3)[C@H]2c2ccccc2)[C@@](C)(OC)O1. The molecule has 0 radical (unpaired) electrons. The Morgan fingerprint density at radius 1 is 0.966 bits per heavy atom. The monoisotopic (exact) mass is 397 g/mol. The van der Waals surface area contributed by atoms with Gasteiger partial charge in [0.1, 0.15) is 6.04 Å². The second kappa shape index (κ2) is 8.14. The van der Waals surface area contributed by atoms with Gasteiger partial charge in [-0.05, 0) is 24.5 Å². The molecule has 0 aromatic heterocycles. The van der Waals surface area contributed by atoms with Crippen molar-refractivity contribution in [2.75, 3.05) is 14.2 Å². The lowest BCUT2D eigenvalue weighted by Crippen LogP contribution is -2.59. The number of carbonyl (C=O) groups is 1. The van der Waals surface area contributed by atoms with Crippen LogP contribution in [0.2, 0.25) is 0 Å². The molecule has 0 N–H and O–H groups in total. The summed E-state index contributed by atoms with van der Waals surface area (Å²) >= 11 is 0. The Labute approximate surface area is 171 Å². The molecule has 4 rings (SSSR count). The summed E-state index contributed by atoms with van der Waals surface area (Å²) in [5, 5.41) is 0. The van der Waals surface area contributed by atoms with E-state index in [2.05, 4.69) is 0 Å². The number of hydrogen-bond donors (Lipinski definition) is 0. The number of cyclic esters (lactones) is 1. The third-order valence-electron chi connectivity index (χ3n) is 5.94. The molecule has 2 saturated heterocycles. The Bertz CT molecular complexity index is 830. The quantitative estimate of drug-likeness (QED) is 0.747. The molecule has 2 aliphatic heterocycles. The zero-order chi connectivity index (χ0) is 20.4. The lowest BCUT2D eigenvalue weighted by atomic mass is 9.91. The molecule has 2 aliphatic rings. The van der Waals surface area contributed by atoms with Crippen LogP contribution in [0.15, 0.2) is 60.7 Å². The number of methoxy groups -OCH3 is 2. The van der Waals surface area contributed by atoms with E-state index in [1.807, 2.05) is 67.6 Å². The molecular weight excluding hydrogens is 370 g/mol. The van der Waals surface area contributed by atoms with E-state index in [0.29, 0.717) is 12.8 Å². The number of carbonyl (C=O) groups excluding carboxylic acids is 1. The average molecular weight is 397 g/mol. The Hall–Kier alpha value is -2.41. The lowest BCUT2D eigenvalue weighted by molar-refractivity contribution is -0.330. The summed E-state index contributed by atoms with van der Waals surface area (Å²) in [6.07, 6.45) is 0.215. The summed E-state index contributed by atoms with van der Waals surface area (Å²) in [5.74, 6) is -1.00. The predicted octanol–water partition coefficient (Wildman–Crippen LogP) is 4.44. The van der Waals surface area contributed by atoms with Crippen molar-refractivity contribution in [3.63, 3.8) is 0 Å². The number of amides is 1. The third-order valence-corrected chi connectivity index (χ3v) is 5.94. The predicted molar refractivity (Wildman–Crippen MR) is 107 cm³/mol. The first-order chi connectivity index (χ1) is 14.1. The topological polar surface area (TPSA) is 57.2 Å². The van der Waals surface area contributed by atoms with Gasteiger partial charge in [-0.25, -0.2) is 4.79 Å². The molecule has 2 fully saturated rings. The Morgan fingerprint density at radius 3 is 2.17 bits per heavy atom. The van der Waals surface area contributed by atoms with Crippen molar-refractivity contribution in [2.24, 2.45) is 0 Å². The van der Waals surface area contributed by atoms with Crippen molar-refractivity contribution in [2.45, 2.75) is 50.0 Å². The smallest absolute Gasteiger partial charge is 0.411 e. The van der Waals surface area contributed by atoms with Crippen LogP contribution in [0.5, 0.6) is 0 Å². The fourth-order valence-electron chi connectivity index (χ4n) is 4.39. The normalized spacial score (nSPS) is 32.2. The van der Waals surface area contributed by atoms with E-state index in [9.17, 15) is 4.79 Å². The molecular formula is C23H27NO5. The summed E-state index contributed by atoms with van der Waals surface area (Å²) in [6.45, 7) is 1.86. The van der Waals surface area contributed by atoms with Crippen molar-refractivity contribution in [3.05, 3.63) is 71.8 Å². The third kappa shape index (κ3) is 3.64. The van der Waals surface area contributed by atoms with E-state index in [1.165, 1.54) is 0 Å². The highest BCUT2D eigenvalue weighted by Crippen LogP contribution is 2.48. The fourth-order valence-corrected chi connectivity index (χ4v) is 4.39. The van der Waals surface area contributed by atoms with Crippen molar-refractivity contribution >= 4 is 6.09 Å². The van der Waals surface area contributed by atoms with Crippen molar-refractivity contribution in [3.8, 4) is 0 Å². The van der Waals surface area contributed by atoms with Crippen LogP contribution in [0.1, 0.15) is 43.0 Å². The number of hydrogen-bond acceptors (Lipinski definition) is 5. The van der Waals surface area contributed by atoms with Crippen molar-refractivity contribution in [1.82, 2.24) is 4.90 Å². The van der Waals surface area contributed by atoms with Gasteiger partial charge in [-0.3, -0.25) is 4.90 Å². The van der Waals surface area contributed by atoms with Crippen LogP contribution >= 0.6 is 0 Å². The molecule has 2 heterocycles. The summed E-state index contributed by atoms with van der Waals surface area (Å²) < 4.78 is 23.1. The van der Waals surface area contributed by atoms with E-state index in [4.69, 9.17) is 18.9 Å². The zero-order valence-corrected chi connectivity index (χ0v) is 17.0. The second-order valence-electron chi connectivity index (χ2n) is 7.57. The first kappa shape index (κ1) is 19.9. The van der Waals surface area contributed by atoms with E-state index >= 15 is 0 Å². The summed E-state index contributed by atoms with van der Waals surface area (Å²) in [6, 6.07) is 19.2. The minimum atomic E-state index is -1.00.